The maximum Gasteiger partial charge on any atom is 0.232 e. The second-order valence-electron chi connectivity index (χ2n) is 6.61. The van der Waals surface area contributed by atoms with Gasteiger partial charge in [0.05, 0.1) is 5.92 Å². The van der Waals surface area contributed by atoms with E-state index in [9.17, 15) is 9.18 Å². The van der Waals surface area contributed by atoms with Gasteiger partial charge >= 0.3 is 0 Å². The lowest BCUT2D eigenvalue weighted by atomic mass is 10.1. The molecule has 3 aromatic rings. The standard InChI is InChI=1S/C20H18FN3O2/c1-12-5-3-4-6-16(12)19-22-20(26-23-19)14-9-18(25)24(11-14)15-8-7-13(2)17(21)10-15/h3-8,10,14H,9,11H2,1-2H3/t14-/m1/s1. The van der Waals surface area contributed by atoms with Crippen molar-refractivity contribution in [2.75, 3.05) is 11.4 Å². The van der Waals surface area contributed by atoms with Crippen LogP contribution in [0.3, 0.4) is 0 Å². The fourth-order valence-corrected chi connectivity index (χ4v) is 3.21. The zero-order valence-corrected chi connectivity index (χ0v) is 14.6. The normalized spacial score (nSPS) is 17.1. The number of nitrogens with zero attached hydrogens (tertiary/aromatic N) is 3. The largest absolute Gasteiger partial charge is 0.339 e. The number of hydrogen-bond acceptors (Lipinski definition) is 4. The Kier molecular flexibility index (Phi) is 4.03. The fourth-order valence-electron chi connectivity index (χ4n) is 3.21. The van der Waals surface area contributed by atoms with E-state index in [4.69, 9.17) is 4.52 Å². The Labute approximate surface area is 150 Å². The number of hydrogen-bond donors (Lipinski definition) is 0. The highest BCUT2D eigenvalue weighted by molar-refractivity contribution is 5.96. The van der Waals surface area contributed by atoms with Crippen LogP contribution in [0.4, 0.5) is 10.1 Å². The monoisotopic (exact) mass is 351 g/mol. The van der Waals surface area contributed by atoms with Crippen molar-refractivity contribution in [1.82, 2.24) is 10.1 Å². The Bertz CT molecular complexity index is 983. The molecule has 1 atom stereocenters. The van der Waals surface area contributed by atoms with Crippen LogP contribution in [0.5, 0.6) is 0 Å². The van der Waals surface area contributed by atoms with Gasteiger partial charge in [-0.25, -0.2) is 4.39 Å². The second kappa shape index (κ2) is 6.37. The molecule has 0 bridgehead atoms. The minimum atomic E-state index is -0.321. The number of aryl methyl sites for hydroxylation is 2. The molecule has 1 fully saturated rings. The van der Waals surface area contributed by atoms with Crippen molar-refractivity contribution >= 4 is 11.6 Å². The third-order valence-corrected chi connectivity index (χ3v) is 4.77. The summed E-state index contributed by atoms with van der Waals surface area (Å²) in [5.74, 6) is 0.362. The molecule has 0 radical (unpaired) electrons. The summed E-state index contributed by atoms with van der Waals surface area (Å²) >= 11 is 0. The van der Waals surface area contributed by atoms with Crippen molar-refractivity contribution in [1.29, 1.82) is 0 Å². The summed E-state index contributed by atoms with van der Waals surface area (Å²) in [6.45, 7) is 4.08. The van der Waals surface area contributed by atoms with Gasteiger partial charge in [0.25, 0.3) is 0 Å². The number of anilines is 1. The van der Waals surface area contributed by atoms with Crippen LogP contribution in [-0.2, 0) is 4.79 Å². The molecule has 5 nitrogen and oxygen atoms in total. The summed E-state index contributed by atoms with van der Waals surface area (Å²) in [6.07, 6.45) is 0.269. The van der Waals surface area contributed by atoms with E-state index >= 15 is 0 Å². The molecule has 26 heavy (non-hydrogen) atoms. The second-order valence-corrected chi connectivity index (χ2v) is 6.61. The Hall–Kier alpha value is -3.02. The molecule has 1 saturated heterocycles. The van der Waals surface area contributed by atoms with Gasteiger partial charge < -0.3 is 9.42 Å². The van der Waals surface area contributed by atoms with E-state index in [0.29, 0.717) is 29.5 Å². The van der Waals surface area contributed by atoms with Gasteiger partial charge in [-0.15, -0.1) is 0 Å². The number of amides is 1. The third-order valence-electron chi connectivity index (χ3n) is 4.77. The minimum Gasteiger partial charge on any atom is -0.339 e. The molecular formula is C20H18FN3O2. The first-order valence-corrected chi connectivity index (χ1v) is 8.49. The summed E-state index contributed by atoms with van der Waals surface area (Å²) in [4.78, 5) is 18.5. The molecule has 1 amide bonds. The Morgan fingerprint density at radius 1 is 1.15 bits per heavy atom. The van der Waals surface area contributed by atoms with Gasteiger partial charge in [-0.3, -0.25) is 4.79 Å². The van der Waals surface area contributed by atoms with E-state index in [1.807, 2.05) is 31.2 Å². The van der Waals surface area contributed by atoms with Crippen molar-refractivity contribution in [3.05, 3.63) is 65.3 Å². The van der Waals surface area contributed by atoms with Crippen LogP contribution in [0.25, 0.3) is 11.4 Å². The van der Waals surface area contributed by atoms with Crippen LogP contribution in [0.15, 0.2) is 47.0 Å². The Morgan fingerprint density at radius 3 is 2.73 bits per heavy atom. The molecule has 4 rings (SSSR count). The van der Waals surface area contributed by atoms with Crippen LogP contribution in [0.2, 0.25) is 0 Å². The highest BCUT2D eigenvalue weighted by Crippen LogP contribution is 2.32. The molecule has 1 aliphatic heterocycles. The van der Waals surface area contributed by atoms with Crippen molar-refractivity contribution in [3.63, 3.8) is 0 Å². The number of rotatable bonds is 3. The molecule has 0 saturated carbocycles. The smallest absolute Gasteiger partial charge is 0.232 e. The molecule has 0 aliphatic carbocycles. The first-order chi connectivity index (χ1) is 12.5. The predicted octanol–water partition coefficient (Wildman–Crippen LogP) is 4.01. The zero-order valence-electron chi connectivity index (χ0n) is 14.6. The lowest BCUT2D eigenvalue weighted by Gasteiger charge is -2.16. The number of benzene rings is 2. The molecule has 0 N–H and O–H groups in total. The summed E-state index contributed by atoms with van der Waals surface area (Å²) in [6, 6.07) is 12.6. The molecule has 1 aliphatic rings. The van der Waals surface area contributed by atoms with Gasteiger partial charge in [0, 0.05) is 24.2 Å². The third kappa shape index (κ3) is 2.87. The van der Waals surface area contributed by atoms with Crippen LogP contribution in [-0.4, -0.2) is 22.6 Å². The molecule has 1 aromatic heterocycles. The molecule has 2 aromatic carbocycles. The lowest BCUT2D eigenvalue weighted by Crippen LogP contribution is -2.24. The van der Waals surface area contributed by atoms with E-state index in [-0.39, 0.29) is 24.1 Å². The van der Waals surface area contributed by atoms with E-state index in [2.05, 4.69) is 10.1 Å². The van der Waals surface area contributed by atoms with E-state index in [0.717, 1.165) is 11.1 Å². The molecule has 132 valence electrons. The average molecular weight is 351 g/mol. The van der Waals surface area contributed by atoms with Gasteiger partial charge in [-0.1, -0.05) is 35.5 Å². The predicted molar refractivity (Wildman–Crippen MR) is 95.3 cm³/mol. The van der Waals surface area contributed by atoms with Crippen LogP contribution in [0, 0.1) is 19.7 Å². The molecule has 6 heteroatoms. The van der Waals surface area contributed by atoms with Crippen LogP contribution < -0.4 is 4.90 Å². The van der Waals surface area contributed by atoms with Gasteiger partial charge in [-0.05, 0) is 37.1 Å². The first kappa shape index (κ1) is 16.4. The maximum atomic E-state index is 13.8. The van der Waals surface area contributed by atoms with Crippen molar-refractivity contribution in [2.45, 2.75) is 26.2 Å². The highest BCUT2D eigenvalue weighted by Gasteiger charge is 2.35. The van der Waals surface area contributed by atoms with Gasteiger partial charge in [-0.2, -0.15) is 4.98 Å². The average Bonchev–Trinajstić information content (AvgIpc) is 3.25. The SMILES string of the molecule is Cc1ccc(N2C[C@H](c3nc(-c4ccccc4C)no3)CC2=O)cc1F. The molecular weight excluding hydrogens is 333 g/mol. The number of halogens is 1. The van der Waals surface area contributed by atoms with Crippen molar-refractivity contribution in [3.8, 4) is 11.4 Å². The number of carbonyl (C=O) groups is 1. The minimum absolute atomic E-state index is 0.0751. The van der Waals surface area contributed by atoms with Crippen molar-refractivity contribution < 1.29 is 13.7 Å². The Balaban J connectivity index is 1.58. The lowest BCUT2D eigenvalue weighted by molar-refractivity contribution is -0.117. The molecule has 0 unspecified atom stereocenters. The summed E-state index contributed by atoms with van der Waals surface area (Å²) in [5.41, 5.74) is 3.07. The van der Waals surface area contributed by atoms with E-state index < -0.39 is 0 Å². The fraction of sp³-hybridized carbons (Fsp3) is 0.250. The number of aromatic nitrogens is 2. The molecule has 2 heterocycles. The van der Waals surface area contributed by atoms with Gasteiger partial charge in [0.2, 0.25) is 17.6 Å². The van der Waals surface area contributed by atoms with E-state index in [1.54, 1.807) is 24.0 Å². The van der Waals surface area contributed by atoms with E-state index in [1.165, 1.54) is 6.07 Å². The number of carbonyl (C=O) groups excluding carboxylic acids is 1. The summed E-state index contributed by atoms with van der Waals surface area (Å²) < 4.78 is 19.2. The Morgan fingerprint density at radius 2 is 1.96 bits per heavy atom. The summed E-state index contributed by atoms with van der Waals surface area (Å²) in [7, 11) is 0. The van der Waals surface area contributed by atoms with Crippen molar-refractivity contribution in [2.24, 2.45) is 0 Å². The maximum absolute atomic E-state index is 13.8. The molecule has 0 spiro atoms. The van der Waals surface area contributed by atoms with Crippen LogP contribution >= 0.6 is 0 Å². The van der Waals surface area contributed by atoms with Crippen LogP contribution in [0.1, 0.15) is 29.4 Å². The quantitative estimate of drug-likeness (QED) is 0.715. The highest BCUT2D eigenvalue weighted by atomic mass is 19.1. The van der Waals surface area contributed by atoms with Gasteiger partial charge in [0.1, 0.15) is 5.82 Å². The zero-order chi connectivity index (χ0) is 18.3. The first-order valence-electron chi connectivity index (χ1n) is 8.49. The summed E-state index contributed by atoms with van der Waals surface area (Å²) in [5, 5.41) is 4.06. The topological polar surface area (TPSA) is 59.2 Å². The van der Waals surface area contributed by atoms with Gasteiger partial charge in [0.15, 0.2) is 0 Å².